The quantitative estimate of drug-likeness (QED) is 0.532. The standard InChI is InChI=1S/C13H14Cl2/c1-4-11-12(13(11,14)15)10-6-8(2)5-9(3)7-10/h4-7,11-12H,1H2,2-3H3. The number of aryl methyl sites for hydroxylation is 2. The van der Waals surface area contributed by atoms with Crippen LogP contribution in [0.3, 0.4) is 0 Å². The van der Waals surface area contributed by atoms with Crippen LogP contribution in [0.15, 0.2) is 30.9 Å². The van der Waals surface area contributed by atoms with Gasteiger partial charge in [0.2, 0.25) is 0 Å². The molecule has 0 heterocycles. The molecule has 1 aliphatic rings. The molecule has 0 amide bonds. The average Bonchev–Trinajstić information content (AvgIpc) is 2.66. The predicted octanol–water partition coefficient (Wildman–Crippen LogP) is 4.38. The molecule has 1 aromatic carbocycles. The highest BCUT2D eigenvalue weighted by Crippen LogP contribution is 2.65. The van der Waals surface area contributed by atoms with E-state index in [1.165, 1.54) is 16.7 Å². The van der Waals surface area contributed by atoms with Gasteiger partial charge < -0.3 is 0 Å². The van der Waals surface area contributed by atoms with E-state index in [0.29, 0.717) is 0 Å². The maximum Gasteiger partial charge on any atom is 0.132 e. The minimum absolute atomic E-state index is 0.182. The van der Waals surface area contributed by atoms with Crippen LogP contribution in [0.25, 0.3) is 0 Å². The van der Waals surface area contributed by atoms with E-state index in [4.69, 9.17) is 23.2 Å². The van der Waals surface area contributed by atoms with Crippen LogP contribution < -0.4 is 0 Å². The van der Waals surface area contributed by atoms with Crippen molar-refractivity contribution < 1.29 is 0 Å². The van der Waals surface area contributed by atoms with Crippen molar-refractivity contribution in [3.8, 4) is 0 Å². The van der Waals surface area contributed by atoms with Gasteiger partial charge in [-0.05, 0) is 19.4 Å². The molecule has 0 N–H and O–H groups in total. The lowest BCUT2D eigenvalue weighted by molar-refractivity contribution is 1.01. The Kier molecular flexibility index (Phi) is 2.60. The lowest BCUT2D eigenvalue weighted by atomic mass is 10.0. The fraction of sp³-hybridized carbons (Fsp3) is 0.385. The highest BCUT2D eigenvalue weighted by molar-refractivity contribution is 6.52. The summed E-state index contributed by atoms with van der Waals surface area (Å²) in [6.45, 7) is 7.95. The summed E-state index contributed by atoms with van der Waals surface area (Å²) >= 11 is 12.4. The number of rotatable bonds is 2. The topological polar surface area (TPSA) is 0 Å². The van der Waals surface area contributed by atoms with E-state index in [1.807, 2.05) is 6.08 Å². The fourth-order valence-corrected chi connectivity index (χ4v) is 3.09. The molecule has 0 radical (unpaired) electrons. The largest absolute Gasteiger partial charge is 0.132 e. The minimum atomic E-state index is -0.651. The second kappa shape index (κ2) is 3.54. The van der Waals surface area contributed by atoms with Crippen LogP contribution >= 0.6 is 23.2 Å². The van der Waals surface area contributed by atoms with Gasteiger partial charge in [-0.15, -0.1) is 29.8 Å². The van der Waals surface area contributed by atoms with Crippen molar-refractivity contribution in [2.75, 3.05) is 0 Å². The lowest BCUT2D eigenvalue weighted by Gasteiger charge is -2.04. The molecule has 0 aliphatic heterocycles. The zero-order chi connectivity index (χ0) is 11.2. The molecule has 15 heavy (non-hydrogen) atoms. The smallest absolute Gasteiger partial charge is 0.103 e. The second-order valence-electron chi connectivity index (χ2n) is 4.33. The summed E-state index contributed by atoms with van der Waals surface area (Å²) in [6.07, 6.45) is 1.85. The molecule has 0 nitrogen and oxygen atoms in total. The Bertz CT molecular complexity index is 387. The number of halogens is 2. The zero-order valence-corrected chi connectivity index (χ0v) is 10.4. The third-order valence-corrected chi connectivity index (χ3v) is 3.94. The highest BCUT2D eigenvalue weighted by atomic mass is 35.5. The van der Waals surface area contributed by atoms with Crippen molar-refractivity contribution in [3.63, 3.8) is 0 Å². The Labute approximate surface area is 101 Å². The van der Waals surface area contributed by atoms with Crippen LogP contribution in [0.4, 0.5) is 0 Å². The Morgan fingerprint density at radius 3 is 2.13 bits per heavy atom. The molecule has 0 spiro atoms. The van der Waals surface area contributed by atoms with E-state index in [1.54, 1.807) is 0 Å². The first kappa shape index (κ1) is 11.0. The van der Waals surface area contributed by atoms with Crippen molar-refractivity contribution in [2.24, 2.45) is 5.92 Å². The molecule has 0 aromatic heterocycles. The van der Waals surface area contributed by atoms with Gasteiger partial charge in [0.15, 0.2) is 0 Å². The summed E-state index contributed by atoms with van der Waals surface area (Å²) in [7, 11) is 0. The predicted molar refractivity (Wildman–Crippen MR) is 66.8 cm³/mol. The number of hydrogen-bond donors (Lipinski definition) is 0. The van der Waals surface area contributed by atoms with Gasteiger partial charge in [0.1, 0.15) is 4.33 Å². The van der Waals surface area contributed by atoms with Crippen LogP contribution in [-0.4, -0.2) is 4.33 Å². The minimum Gasteiger partial charge on any atom is -0.103 e. The molecule has 0 saturated heterocycles. The summed E-state index contributed by atoms with van der Waals surface area (Å²) in [6, 6.07) is 6.46. The normalized spacial score (nSPS) is 27.5. The summed E-state index contributed by atoms with van der Waals surface area (Å²) in [5.41, 5.74) is 3.73. The summed E-state index contributed by atoms with van der Waals surface area (Å²) in [5, 5.41) is 0. The lowest BCUT2D eigenvalue weighted by Crippen LogP contribution is -1.91. The monoisotopic (exact) mass is 240 g/mol. The molecule has 2 unspecified atom stereocenters. The third kappa shape index (κ3) is 1.81. The van der Waals surface area contributed by atoms with Gasteiger partial charge in [0.05, 0.1) is 0 Å². The molecule has 2 heteroatoms. The van der Waals surface area contributed by atoms with E-state index >= 15 is 0 Å². The summed E-state index contributed by atoms with van der Waals surface area (Å²) < 4.78 is -0.651. The highest BCUT2D eigenvalue weighted by Gasteiger charge is 2.62. The van der Waals surface area contributed by atoms with Gasteiger partial charge >= 0.3 is 0 Å². The number of alkyl halides is 2. The molecule has 1 fully saturated rings. The van der Waals surface area contributed by atoms with Gasteiger partial charge in [-0.2, -0.15) is 0 Å². The Morgan fingerprint density at radius 2 is 1.73 bits per heavy atom. The van der Waals surface area contributed by atoms with Gasteiger partial charge in [-0.3, -0.25) is 0 Å². The van der Waals surface area contributed by atoms with E-state index in [9.17, 15) is 0 Å². The van der Waals surface area contributed by atoms with Crippen molar-refractivity contribution in [1.82, 2.24) is 0 Å². The van der Waals surface area contributed by atoms with Gasteiger partial charge in [0, 0.05) is 11.8 Å². The SMILES string of the molecule is C=CC1C(c2cc(C)cc(C)c2)C1(Cl)Cl. The first-order valence-corrected chi connectivity index (χ1v) is 5.81. The van der Waals surface area contributed by atoms with E-state index in [-0.39, 0.29) is 11.8 Å². The second-order valence-corrected chi connectivity index (χ2v) is 5.78. The van der Waals surface area contributed by atoms with Crippen molar-refractivity contribution in [2.45, 2.75) is 24.1 Å². The van der Waals surface area contributed by atoms with Crippen LogP contribution in [-0.2, 0) is 0 Å². The van der Waals surface area contributed by atoms with E-state index in [0.717, 1.165) is 0 Å². The molecule has 0 bridgehead atoms. The van der Waals surface area contributed by atoms with Gasteiger partial charge in [-0.25, -0.2) is 0 Å². The van der Waals surface area contributed by atoms with Crippen LogP contribution in [0, 0.1) is 19.8 Å². The van der Waals surface area contributed by atoms with Crippen LogP contribution in [0.1, 0.15) is 22.6 Å². The molecule has 80 valence electrons. The fourth-order valence-electron chi connectivity index (χ4n) is 2.26. The van der Waals surface area contributed by atoms with E-state index < -0.39 is 4.33 Å². The number of allylic oxidation sites excluding steroid dienone is 1. The van der Waals surface area contributed by atoms with Crippen molar-refractivity contribution >= 4 is 23.2 Å². The Morgan fingerprint density at radius 1 is 1.20 bits per heavy atom. The number of benzene rings is 1. The molecule has 1 aliphatic carbocycles. The Balaban J connectivity index is 2.36. The maximum atomic E-state index is 6.21. The molecular formula is C13H14Cl2. The summed E-state index contributed by atoms with van der Waals surface area (Å²) in [5.74, 6) is 0.388. The molecule has 1 aromatic rings. The molecular weight excluding hydrogens is 227 g/mol. The van der Waals surface area contributed by atoms with Crippen molar-refractivity contribution in [1.29, 1.82) is 0 Å². The van der Waals surface area contributed by atoms with Crippen LogP contribution in [0.2, 0.25) is 0 Å². The molecule has 2 rings (SSSR count). The zero-order valence-electron chi connectivity index (χ0n) is 8.93. The first-order chi connectivity index (χ1) is 6.96. The molecule has 1 saturated carbocycles. The maximum absolute atomic E-state index is 6.21. The average molecular weight is 241 g/mol. The number of hydrogen-bond acceptors (Lipinski definition) is 0. The first-order valence-electron chi connectivity index (χ1n) is 5.05. The third-order valence-electron chi connectivity index (χ3n) is 2.97. The van der Waals surface area contributed by atoms with Gasteiger partial charge in [0.25, 0.3) is 0 Å². The molecule has 2 atom stereocenters. The summed E-state index contributed by atoms with van der Waals surface area (Å²) in [4.78, 5) is 0. The van der Waals surface area contributed by atoms with Crippen LogP contribution in [0.5, 0.6) is 0 Å². The van der Waals surface area contributed by atoms with Crippen molar-refractivity contribution in [3.05, 3.63) is 47.5 Å². The Hall–Kier alpha value is -0.460. The van der Waals surface area contributed by atoms with E-state index in [2.05, 4.69) is 38.6 Å². The van der Waals surface area contributed by atoms with Gasteiger partial charge in [-0.1, -0.05) is 35.4 Å².